The molecule has 1 aliphatic rings. The molecule has 172 valence electrons. The summed E-state index contributed by atoms with van der Waals surface area (Å²) < 4.78 is 46.2. The number of ether oxygens (including phenoxy) is 1. The fraction of sp³-hybridized carbons (Fsp3) is 0.348. The summed E-state index contributed by atoms with van der Waals surface area (Å²) in [6.07, 6.45) is 2.89. The van der Waals surface area contributed by atoms with E-state index < -0.39 is 21.7 Å². The van der Waals surface area contributed by atoms with Gasteiger partial charge >= 0.3 is 0 Å². The molecule has 2 aromatic carbocycles. The number of carbonyl (C=O) groups excluding carboxylic acids is 1. The highest BCUT2D eigenvalue weighted by molar-refractivity contribution is 7.89. The maximum atomic E-state index is 14.5. The molecule has 0 saturated carbocycles. The van der Waals surface area contributed by atoms with Gasteiger partial charge in [0.25, 0.3) is 0 Å². The third kappa shape index (κ3) is 5.73. The van der Waals surface area contributed by atoms with Gasteiger partial charge in [0.2, 0.25) is 15.9 Å². The van der Waals surface area contributed by atoms with Crippen LogP contribution in [0.4, 0.5) is 15.8 Å². The molecule has 0 radical (unpaired) electrons. The van der Waals surface area contributed by atoms with Crippen molar-refractivity contribution >= 4 is 33.4 Å². The first kappa shape index (κ1) is 23.9. The fourth-order valence-electron chi connectivity index (χ4n) is 3.46. The Morgan fingerprint density at radius 3 is 2.38 bits per heavy atom. The standard InChI is InChI=1S/C23H28FN3O4S/c1-3-27(4-2)32(29,30)20-9-5-18(6-10-20)7-12-23(28)25-19-8-11-22(21(24)17-19)26-13-15-31-16-14-26/h5-12,17H,3-4,13-16H2,1-2H3,(H,25,28)/b12-7+. The van der Waals surface area contributed by atoms with Gasteiger partial charge in [0.05, 0.1) is 23.8 Å². The minimum absolute atomic E-state index is 0.207. The molecule has 9 heteroatoms. The first-order valence-electron chi connectivity index (χ1n) is 10.6. The largest absolute Gasteiger partial charge is 0.378 e. The van der Waals surface area contributed by atoms with Crippen molar-refractivity contribution in [2.45, 2.75) is 18.7 Å². The van der Waals surface area contributed by atoms with E-state index in [-0.39, 0.29) is 4.90 Å². The topological polar surface area (TPSA) is 79.0 Å². The highest BCUT2D eigenvalue weighted by Gasteiger charge is 2.21. The number of carbonyl (C=O) groups is 1. The molecule has 32 heavy (non-hydrogen) atoms. The minimum Gasteiger partial charge on any atom is -0.378 e. The first-order chi connectivity index (χ1) is 15.3. The molecule has 2 aromatic rings. The molecule has 0 atom stereocenters. The van der Waals surface area contributed by atoms with E-state index in [0.717, 1.165) is 0 Å². The van der Waals surface area contributed by atoms with Gasteiger partial charge in [-0.15, -0.1) is 0 Å². The van der Waals surface area contributed by atoms with Gasteiger partial charge in [-0.05, 0) is 42.0 Å². The van der Waals surface area contributed by atoms with Gasteiger partial charge < -0.3 is 15.0 Å². The van der Waals surface area contributed by atoms with Crippen molar-refractivity contribution in [3.05, 3.63) is 59.9 Å². The summed E-state index contributed by atoms with van der Waals surface area (Å²) in [5, 5.41) is 2.64. The van der Waals surface area contributed by atoms with E-state index >= 15 is 0 Å². The Bertz CT molecular complexity index is 1060. The Balaban J connectivity index is 1.62. The molecule has 1 fully saturated rings. The Labute approximate surface area is 188 Å². The number of anilines is 2. The van der Waals surface area contributed by atoms with Crippen molar-refractivity contribution < 1.29 is 22.3 Å². The van der Waals surface area contributed by atoms with Crippen LogP contribution in [0.3, 0.4) is 0 Å². The number of halogens is 1. The molecule has 7 nitrogen and oxygen atoms in total. The van der Waals surface area contributed by atoms with Crippen molar-refractivity contribution in [1.29, 1.82) is 0 Å². The van der Waals surface area contributed by atoms with Gasteiger partial charge in [-0.25, -0.2) is 12.8 Å². The predicted molar refractivity (Wildman–Crippen MR) is 124 cm³/mol. The van der Waals surface area contributed by atoms with E-state index in [1.54, 1.807) is 44.2 Å². The molecule has 0 bridgehead atoms. The number of nitrogens with one attached hydrogen (secondary N) is 1. The second-order valence-corrected chi connectivity index (χ2v) is 9.18. The summed E-state index contributed by atoms with van der Waals surface area (Å²) >= 11 is 0. The Morgan fingerprint density at radius 2 is 1.78 bits per heavy atom. The zero-order chi connectivity index (χ0) is 23.1. The molecule has 1 aliphatic heterocycles. The third-order valence-electron chi connectivity index (χ3n) is 5.22. The number of nitrogens with zero attached hydrogens (tertiary/aromatic N) is 2. The smallest absolute Gasteiger partial charge is 0.248 e. The van der Waals surface area contributed by atoms with Crippen molar-refractivity contribution in [2.24, 2.45) is 0 Å². The summed E-state index contributed by atoms with van der Waals surface area (Å²) in [4.78, 5) is 14.3. The summed E-state index contributed by atoms with van der Waals surface area (Å²) in [5.41, 5.74) is 1.52. The Hall–Kier alpha value is -2.75. The summed E-state index contributed by atoms with van der Waals surface area (Å²) in [5.74, 6) is -0.818. The summed E-state index contributed by atoms with van der Waals surface area (Å²) in [7, 11) is -3.52. The van der Waals surface area contributed by atoms with Crippen LogP contribution in [0.2, 0.25) is 0 Å². The highest BCUT2D eigenvalue weighted by Crippen LogP contribution is 2.24. The van der Waals surface area contributed by atoms with Crippen molar-refractivity contribution in [3.8, 4) is 0 Å². The van der Waals surface area contributed by atoms with E-state index in [2.05, 4.69) is 5.32 Å². The number of benzene rings is 2. The zero-order valence-corrected chi connectivity index (χ0v) is 19.1. The summed E-state index contributed by atoms with van der Waals surface area (Å²) in [6, 6.07) is 10.9. The molecule has 3 rings (SSSR count). The number of rotatable bonds is 8. The minimum atomic E-state index is -3.52. The van der Waals surface area contributed by atoms with Gasteiger partial charge in [0, 0.05) is 37.9 Å². The monoisotopic (exact) mass is 461 g/mol. The predicted octanol–water partition coefficient (Wildman–Crippen LogP) is 3.34. The Morgan fingerprint density at radius 1 is 1.12 bits per heavy atom. The number of sulfonamides is 1. The van der Waals surface area contributed by atoms with Crippen LogP contribution >= 0.6 is 0 Å². The normalized spacial score (nSPS) is 14.8. The van der Waals surface area contributed by atoms with Gasteiger partial charge in [0.1, 0.15) is 5.82 Å². The number of hydrogen-bond donors (Lipinski definition) is 1. The Kier molecular flexibility index (Phi) is 8.00. The van der Waals surface area contributed by atoms with Crippen LogP contribution in [0, 0.1) is 5.82 Å². The number of hydrogen-bond acceptors (Lipinski definition) is 5. The van der Waals surface area contributed by atoms with Crippen LogP contribution in [0.1, 0.15) is 19.4 Å². The average molecular weight is 462 g/mol. The molecule has 0 spiro atoms. The van der Waals surface area contributed by atoms with Crippen LogP contribution in [0.15, 0.2) is 53.4 Å². The average Bonchev–Trinajstić information content (AvgIpc) is 2.79. The van der Waals surface area contributed by atoms with Crippen LogP contribution in [0.25, 0.3) is 6.08 Å². The highest BCUT2D eigenvalue weighted by atomic mass is 32.2. The molecule has 0 aliphatic carbocycles. The lowest BCUT2D eigenvalue weighted by Gasteiger charge is -2.29. The fourth-order valence-corrected chi connectivity index (χ4v) is 4.92. The molecule has 0 aromatic heterocycles. The van der Waals surface area contributed by atoms with Gasteiger partial charge in [-0.3, -0.25) is 4.79 Å². The molecule has 1 heterocycles. The molecular formula is C23H28FN3O4S. The lowest BCUT2D eigenvalue weighted by atomic mass is 10.2. The van der Waals surface area contributed by atoms with Crippen LogP contribution in [0.5, 0.6) is 0 Å². The van der Waals surface area contributed by atoms with E-state index in [9.17, 15) is 17.6 Å². The number of morpholine rings is 1. The lowest BCUT2D eigenvalue weighted by Crippen LogP contribution is -2.36. The third-order valence-corrected chi connectivity index (χ3v) is 7.28. The number of amides is 1. The maximum Gasteiger partial charge on any atom is 0.248 e. The second-order valence-electron chi connectivity index (χ2n) is 7.25. The first-order valence-corrected chi connectivity index (χ1v) is 12.0. The quantitative estimate of drug-likeness (QED) is 0.610. The van der Waals surface area contributed by atoms with Crippen LogP contribution < -0.4 is 10.2 Å². The van der Waals surface area contributed by atoms with E-state index in [0.29, 0.717) is 56.3 Å². The van der Waals surface area contributed by atoms with Crippen LogP contribution in [-0.2, 0) is 19.6 Å². The van der Waals surface area contributed by atoms with Gasteiger partial charge in [0.15, 0.2) is 0 Å². The van der Waals surface area contributed by atoms with Crippen LogP contribution in [-0.4, -0.2) is 58.0 Å². The molecular weight excluding hydrogens is 433 g/mol. The molecule has 0 unspecified atom stereocenters. The second kappa shape index (κ2) is 10.7. The van der Waals surface area contributed by atoms with Gasteiger partial charge in [-0.2, -0.15) is 4.31 Å². The van der Waals surface area contributed by atoms with Crippen molar-refractivity contribution in [2.75, 3.05) is 49.6 Å². The molecule has 1 saturated heterocycles. The zero-order valence-electron chi connectivity index (χ0n) is 18.3. The van der Waals surface area contributed by atoms with Crippen molar-refractivity contribution in [3.63, 3.8) is 0 Å². The van der Waals surface area contributed by atoms with E-state index in [1.807, 2.05) is 4.90 Å². The van der Waals surface area contributed by atoms with E-state index in [4.69, 9.17) is 4.74 Å². The summed E-state index contributed by atoms with van der Waals surface area (Å²) in [6.45, 7) is 6.75. The molecule has 1 N–H and O–H groups in total. The SMILES string of the molecule is CCN(CC)S(=O)(=O)c1ccc(/C=C/C(=O)Nc2ccc(N3CCOCC3)c(F)c2)cc1. The van der Waals surface area contributed by atoms with Crippen molar-refractivity contribution in [1.82, 2.24) is 4.31 Å². The lowest BCUT2D eigenvalue weighted by molar-refractivity contribution is -0.111. The van der Waals surface area contributed by atoms with E-state index in [1.165, 1.54) is 28.6 Å². The maximum absolute atomic E-state index is 14.5. The van der Waals surface area contributed by atoms with Gasteiger partial charge in [-0.1, -0.05) is 26.0 Å². The molecule has 1 amide bonds.